The average Bonchev–Trinajstić information content (AvgIpc) is 3.70. The Balaban J connectivity index is 1.29. The molecule has 6 bridgehead atoms. The molecule has 6 aromatic carbocycles. The fourth-order valence-corrected chi connectivity index (χ4v) is 15.1. The highest BCUT2D eigenvalue weighted by atomic mass is 32.1. The zero-order chi connectivity index (χ0) is 48.9. The van der Waals surface area contributed by atoms with Crippen LogP contribution in [0.4, 0.5) is 34.1 Å². The van der Waals surface area contributed by atoms with Crippen molar-refractivity contribution in [2.75, 3.05) is 9.80 Å². The van der Waals surface area contributed by atoms with Gasteiger partial charge in [0.25, 0.3) is 6.71 Å². The van der Waals surface area contributed by atoms with Crippen LogP contribution in [-0.4, -0.2) is 6.71 Å². The number of thiophene rings is 1. The van der Waals surface area contributed by atoms with E-state index in [1.807, 2.05) is 0 Å². The first-order valence-electron chi connectivity index (χ1n) is 26.1. The van der Waals surface area contributed by atoms with E-state index >= 15 is 0 Å². The molecule has 7 aromatic rings. The molecule has 4 heteroatoms. The van der Waals surface area contributed by atoms with Gasteiger partial charge in [0.15, 0.2) is 0 Å². The first kappa shape index (κ1) is 45.1. The van der Waals surface area contributed by atoms with E-state index in [9.17, 15) is 0 Å². The lowest BCUT2D eigenvalue weighted by atomic mass is 9.35. The van der Waals surface area contributed by atoms with Crippen LogP contribution in [0.15, 0.2) is 103 Å². The molecule has 0 N–H and O–H groups in total. The highest BCUT2D eigenvalue weighted by Crippen LogP contribution is 2.59. The molecule has 2 aliphatic carbocycles. The Morgan fingerprint density at radius 2 is 1.14 bits per heavy atom. The molecule has 352 valence electrons. The third-order valence-electron chi connectivity index (χ3n) is 18.0. The fraction of sp³-hybridized carbons (Fsp3) is 0.415. The van der Waals surface area contributed by atoms with Gasteiger partial charge in [0.1, 0.15) is 0 Å². The van der Waals surface area contributed by atoms with Gasteiger partial charge in [-0.15, -0.1) is 0 Å². The highest BCUT2D eigenvalue weighted by molar-refractivity contribution is 7.29. The zero-order valence-corrected chi connectivity index (χ0v) is 45.3. The second kappa shape index (κ2) is 14.1. The van der Waals surface area contributed by atoms with Crippen LogP contribution in [0, 0.1) is 0 Å². The lowest BCUT2D eigenvalue weighted by Crippen LogP contribution is -2.61. The Hall–Kier alpha value is -5.06. The van der Waals surface area contributed by atoms with Crippen molar-refractivity contribution < 1.29 is 0 Å². The summed E-state index contributed by atoms with van der Waals surface area (Å²) < 4.78 is 1.52. The van der Waals surface area contributed by atoms with E-state index in [1.54, 1.807) is 10.4 Å². The topological polar surface area (TPSA) is 6.48 Å². The molecule has 0 spiro atoms. The van der Waals surface area contributed by atoms with Crippen LogP contribution < -0.4 is 25.5 Å². The molecule has 2 nitrogen and oxygen atoms in total. The molecule has 6 aliphatic rings. The molecule has 0 fully saturated rings. The molecule has 0 radical (unpaired) electrons. The molecule has 0 saturated heterocycles. The number of hydrogen-bond donors (Lipinski definition) is 0. The Kier molecular flexibility index (Phi) is 9.21. The summed E-state index contributed by atoms with van der Waals surface area (Å²) in [6.07, 6.45) is 4.59. The largest absolute Gasteiger partial charge is 0.311 e. The summed E-state index contributed by atoms with van der Waals surface area (Å²) in [7, 11) is 0. The Morgan fingerprint density at radius 3 is 1.83 bits per heavy atom. The smallest absolute Gasteiger partial charge is 0.264 e. The third-order valence-corrected chi connectivity index (χ3v) is 19.6. The molecule has 1 unspecified atom stereocenters. The first-order chi connectivity index (χ1) is 32.2. The van der Waals surface area contributed by atoms with Crippen LogP contribution in [0.5, 0.6) is 0 Å². The highest BCUT2D eigenvalue weighted by Gasteiger charge is 2.53. The van der Waals surface area contributed by atoms with E-state index in [2.05, 4.69) is 235 Å². The van der Waals surface area contributed by atoms with E-state index in [4.69, 9.17) is 0 Å². The monoisotopic (exact) mass is 925 g/mol. The molecule has 1 aromatic heterocycles. The predicted octanol–water partition coefficient (Wildman–Crippen LogP) is 16.6. The van der Waals surface area contributed by atoms with Crippen LogP contribution in [0.1, 0.15) is 180 Å². The summed E-state index contributed by atoms with van der Waals surface area (Å²) in [5, 5.41) is 2.70. The lowest BCUT2D eigenvalue weighted by Gasteiger charge is -2.49. The Labute approximate surface area is 418 Å². The van der Waals surface area contributed by atoms with Gasteiger partial charge in [0.2, 0.25) is 0 Å². The van der Waals surface area contributed by atoms with Crippen molar-refractivity contribution in [2.24, 2.45) is 0 Å². The van der Waals surface area contributed by atoms with Crippen LogP contribution in [0.3, 0.4) is 0 Å². The normalized spacial score (nSPS) is 20.3. The maximum atomic E-state index is 2.76. The van der Waals surface area contributed by atoms with E-state index in [0.29, 0.717) is 0 Å². The van der Waals surface area contributed by atoms with Crippen LogP contribution >= 0.6 is 11.3 Å². The van der Waals surface area contributed by atoms with Crippen molar-refractivity contribution in [3.05, 3.63) is 147 Å². The van der Waals surface area contributed by atoms with Gasteiger partial charge >= 0.3 is 0 Å². The number of rotatable bonds is 1. The third kappa shape index (κ3) is 6.41. The van der Waals surface area contributed by atoms with Crippen molar-refractivity contribution >= 4 is 78.6 Å². The molecule has 1 atom stereocenters. The molecule has 69 heavy (non-hydrogen) atoms. The van der Waals surface area contributed by atoms with Gasteiger partial charge in [0, 0.05) is 43.4 Å². The van der Waals surface area contributed by atoms with Crippen molar-refractivity contribution in [3.8, 4) is 11.1 Å². The van der Waals surface area contributed by atoms with Crippen molar-refractivity contribution in [3.63, 3.8) is 0 Å². The predicted molar refractivity (Wildman–Crippen MR) is 301 cm³/mol. The van der Waals surface area contributed by atoms with Crippen molar-refractivity contribution in [1.29, 1.82) is 0 Å². The Bertz CT molecular complexity index is 3340. The van der Waals surface area contributed by atoms with Gasteiger partial charge in [-0.2, -0.15) is 11.3 Å². The SMILES string of the molecule is CC(C)(C)c1ccc(N2c3cc(C(C)(C)C)cc4c3B(c3cc5c6cc3N4c3ccc(C(C)(C)C)cc3-c3ccc4c(cccc4c3)C6(C)CCC5(C)C)c3sc4c(c32)C(C)(C)CCC4(C)C)cc1. The molecule has 0 amide bonds. The molecule has 4 aliphatic heterocycles. The minimum atomic E-state index is -0.173. The van der Waals surface area contributed by atoms with Gasteiger partial charge in [0.05, 0.1) is 11.4 Å². The minimum absolute atomic E-state index is 0.000750. The second-order valence-corrected chi connectivity index (χ2v) is 28.3. The van der Waals surface area contributed by atoms with Gasteiger partial charge in [-0.25, -0.2) is 0 Å². The molecule has 0 saturated carbocycles. The van der Waals surface area contributed by atoms with Crippen LogP contribution in [0.25, 0.3) is 21.9 Å². The van der Waals surface area contributed by atoms with E-state index in [-0.39, 0.29) is 44.6 Å². The van der Waals surface area contributed by atoms with Gasteiger partial charge < -0.3 is 9.80 Å². The first-order valence-corrected chi connectivity index (χ1v) is 26.9. The summed E-state index contributed by atoms with van der Waals surface area (Å²) in [6.45, 7) is 39.2. The number of anilines is 6. The summed E-state index contributed by atoms with van der Waals surface area (Å²) in [5.74, 6) is 0. The number of benzene rings is 6. The van der Waals surface area contributed by atoms with Crippen LogP contribution in [-0.2, 0) is 37.9 Å². The molecule has 5 heterocycles. The lowest BCUT2D eigenvalue weighted by molar-refractivity contribution is 0.339. The van der Waals surface area contributed by atoms with Gasteiger partial charge in [-0.3, -0.25) is 0 Å². The number of hydrogen-bond acceptors (Lipinski definition) is 3. The molecule has 13 rings (SSSR count). The quantitative estimate of drug-likeness (QED) is 0.151. The zero-order valence-electron chi connectivity index (χ0n) is 44.5. The van der Waals surface area contributed by atoms with E-state index < -0.39 is 0 Å². The van der Waals surface area contributed by atoms with E-state index in [1.165, 1.54) is 118 Å². The average molecular weight is 925 g/mol. The summed E-state index contributed by atoms with van der Waals surface area (Å²) in [4.78, 5) is 7.10. The maximum absolute atomic E-state index is 2.76. The summed E-state index contributed by atoms with van der Waals surface area (Å²) in [6, 6.07) is 42.4. The molecular formula is C65H73BN2S. The van der Waals surface area contributed by atoms with Crippen LogP contribution in [0.2, 0.25) is 0 Å². The number of nitrogens with zero attached hydrogens (tertiary/aromatic N) is 2. The summed E-state index contributed by atoms with van der Waals surface area (Å²) in [5.41, 5.74) is 23.3. The van der Waals surface area contributed by atoms with Gasteiger partial charge in [-0.05, 0) is 173 Å². The van der Waals surface area contributed by atoms with Crippen molar-refractivity contribution in [1.82, 2.24) is 0 Å². The van der Waals surface area contributed by atoms with Crippen molar-refractivity contribution in [2.45, 2.75) is 174 Å². The standard InChI is InChI=1S/C65H73BN2S/c1-59(2,3)40-21-24-43(25-22-40)67-52-34-42(61(7,8)9)35-53-55(52)66(58-56(67)54-57(69-58)64(14,15)29-28-63(54,12)13)49-36-47-48-37-51(49)68(53)50-27-23-41(60(4,5)6)33-45(50)39-20-26-44-38(32-39)18-17-19-46(44)65(48,16)31-30-62(47,10)11/h17-27,32-37H,28-31H2,1-16H3. The minimum Gasteiger partial charge on any atom is -0.311 e. The van der Waals surface area contributed by atoms with E-state index in [0.717, 1.165) is 12.8 Å². The maximum Gasteiger partial charge on any atom is 0.264 e. The fourth-order valence-electron chi connectivity index (χ4n) is 13.4. The van der Waals surface area contributed by atoms with Gasteiger partial charge in [-0.1, -0.05) is 165 Å². The second-order valence-electron chi connectivity index (χ2n) is 27.3. The summed E-state index contributed by atoms with van der Waals surface area (Å²) >= 11 is 2.15. The molecular weight excluding hydrogens is 852 g/mol. The Morgan fingerprint density at radius 1 is 0.507 bits per heavy atom. The number of fused-ring (bicyclic) bond motifs is 6.